The minimum atomic E-state index is -0.128. The van der Waals surface area contributed by atoms with E-state index in [1.54, 1.807) is 0 Å². The molecule has 9 rings (SSSR count). The molecule has 0 unspecified atom stereocenters. The van der Waals surface area contributed by atoms with Gasteiger partial charge in [-0.2, -0.15) is 0 Å². The molecule has 0 radical (unpaired) electrons. The van der Waals surface area contributed by atoms with Crippen LogP contribution in [0, 0.1) is 6.92 Å². The lowest BCUT2D eigenvalue weighted by Gasteiger charge is -2.22. The minimum Gasteiger partial charge on any atom is -0.292 e. The molecule has 8 aromatic rings. The lowest BCUT2D eigenvalue weighted by molar-refractivity contribution is 0.660. The van der Waals surface area contributed by atoms with Crippen molar-refractivity contribution in [1.29, 1.82) is 0 Å². The zero-order chi connectivity index (χ0) is 33.1. The van der Waals surface area contributed by atoms with Crippen molar-refractivity contribution in [2.24, 2.45) is 0 Å². The van der Waals surface area contributed by atoms with E-state index in [1.807, 2.05) is 42.5 Å². The molecule has 5 heteroatoms. The summed E-state index contributed by atoms with van der Waals surface area (Å²) in [5, 5.41) is 0. The van der Waals surface area contributed by atoms with E-state index in [1.165, 1.54) is 27.8 Å². The van der Waals surface area contributed by atoms with E-state index in [9.17, 15) is 0 Å². The van der Waals surface area contributed by atoms with Crippen molar-refractivity contribution < 1.29 is 0 Å². The maximum absolute atomic E-state index is 5.10. The molecule has 1 aliphatic carbocycles. The number of aryl methyl sites for hydroxylation is 1. The average Bonchev–Trinajstić information content (AvgIpc) is 3.64. The maximum atomic E-state index is 5.10. The van der Waals surface area contributed by atoms with Crippen LogP contribution in [0.3, 0.4) is 0 Å². The van der Waals surface area contributed by atoms with E-state index in [2.05, 4.69) is 128 Å². The van der Waals surface area contributed by atoms with Crippen LogP contribution in [0.1, 0.15) is 30.5 Å². The Hall–Kier alpha value is -6.20. The first-order valence-corrected chi connectivity index (χ1v) is 16.7. The second-order valence-electron chi connectivity index (χ2n) is 13.3. The van der Waals surface area contributed by atoms with Gasteiger partial charge in [0.1, 0.15) is 5.82 Å². The van der Waals surface area contributed by atoms with Crippen LogP contribution in [-0.2, 0) is 5.41 Å². The summed E-state index contributed by atoms with van der Waals surface area (Å²) in [5.74, 6) is 2.82. The van der Waals surface area contributed by atoms with Gasteiger partial charge in [-0.15, -0.1) is 0 Å². The molecule has 49 heavy (non-hydrogen) atoms. The van der Waals surface area contributed by atoms with E-state index in [0.29, 0.717) is 17.5 Å². The van der Waals surface area contributed by atoms with Crippen LogP contribution in [-0.4, -0.2) is 24.5 Å². The van der Waals surface area contributed by atoms with Gasteiger partial charge in [0.2, 0.25) is 0 Å². The molecule has 0 saturated heterocycles. The normalized spacial score (nSPS) is 13.0. The van der Waals surface area contributed by atoms with Crippen molar-refractivity contribution in [2.45, 2.75) is 26.2 Å². The van der Waals surface area contributed by atoms with Crippen molar-refractivity contribution in [3.05, 3.63) is 162 Å². The first-order chi connectivity index (χ1) is 23.9. The first-order valence-electron chi connectivity index (χ1n) is 16.7. The molecule has 0 atom stereocenters. The molecule has 0 fully saturated rings. The van der Waals surface area contributed by atoms with E-state index in [-0.39, 0.29) is 5.41 Å². The van der Waals surface area contributed by atoms with Gasteiger partial charge < -0.3 is 0 Å². The zero-order valence-electron chi connectivity index (χ0n) is 27.6. The Morgan fingerprint density at radius 2 is 1.00 bits per heavy atom. The standard InChI is InChI=1S/C44H33N5/c1-28-18-24-34-35-25-23-32(27-37(35)44(2,3)36(34)26-28)42-47-40(29-12-6-4-7-13-29)46-41(48-42)30-19-21-31(22-20-30)43-45-38-16-10-11-17-39(38)49(43)33-14-8-5-9-15-33/h4-27H,1-3H3. The van der Waals surface area contributed by atoms with E-state index < -0.39 is 0 Å². The summed E-state index contributed by atoms with van der Waals surface area (Å²) < 4.78 is 2.22. The van der Waals surface area contributed by atoms with Crippen LogP contribution in [0.2, 0.25) is 0 Å². The molecular formula is C44H33N5. The molecule has 234 valence electrons. The molecule has 0 N–H and O–H groups in total. The van der Waals surface area contributed by atoms with E-state index in [4.69, 9.17) is 19.9 Å². The fraction of sp³-hybridized carbons (Fsp3) is 0.0909. The second kappa shape index (κ2) is 11.2. The van der Waals surface area contributed by atoms with Gasteiger partial charge in [-0.05, 0) is 59.5 Å². The zero-order valence-corrected chi connectivity index (χ0v) is 27.6. The highest BCUT2D eigenvalue weighted by Crippen LogP contribution is 2.49. The summed E-state index contributed by atoms with van der Waals surface area (Å²) >= 11 is 0. The minimum absolute atomic E-state index is 0.128. The summed E-state index contributed by atoms with van der Waals surface area (Å²) in [4.78, 5) is 20.2. The third-order valence-corrected chi connectivity index (χ3v) is 9.73. The predicted octanol–water partition coefficient (Wildman–Crippen LogP) is 10.5. The molecule has 0 spiro atoms. The maximum Gasteiger partial charge on any atom is 0.164 e. The van der Waals surface area contributed by atoms with Crippen molar-refractivity contribution in [3.63, 3.8) is 0 Å². The highest BCUT2D eigenvalue weighted by Gasteiger charge is 2.35. The molecule has 0 saturated carbocycles. The van der Waals surface area contributed by atoms with Crippen LogP contribution in [0.5, 0.6) is 0 Å². The third kappa shape index (κ3) is 4.85. The topological polar surface area (TPSA) is 56.5 Å². The fourth-order valence-electron chi connectivity index (χ4n) is 7.17. The predicted molar refractivity (Wildman–Crippen MR) is 198 cm³/mol. The Kier molecular flexibility index (Phi) is 6.63. The third-order valence-electron chi connectivity index (χ3n) is 9.73. The summed E-state index contributed by atoms with van der Waals surface area (Å²) in [6, 6.07) is 50.6. The number of aromatic nitrogens is 5. The number of fused-ring (bicyclic) bond motifs is 4. The molecule has 5 nitrogen and oxygen atoms in total. The number of nitrogens with zero attached hydrogens (tertiary/aromatic N) is 5. The smallest absolute Gasteiger partial charge is 0.164 e. The summed E-state index contributed by atoms with van der Waals surface area (Å²) in [6.45, 7) is 6.78. The SMILES string of the molecule is Cc1ccc2c(c1)C(C)(C)c1cc(-c3nc(-c4ccccc4)nc(-c4ccc(-c5nc6ccccc6n5-c5ccccc5)cc4)n3)ccc1-2. The number of hydrogen-bond acceptors (Lipinski definition) is 4. The Morgan fingerprint density at radius 1 is 0.469 bits per heavy atom. The largest absolute Gasteiger partial charge is 0.292 e. The lowest BCUT2D eigenvalue weighted by Crippen LogP contribution is -2.15. The molecule has 0 bridgehead atoms. The Balaban J connectivity index is 1.15. The molecule has 2 heterocycles. The second-order valence-corrected chi connectivity index (χ2v) is 13.3. The Morgan fingerprint density at radius 3 is 1.71 bits per heavy atom. The van der Waals surface area contributed by atoms with Crippen LogP contribution >= 0.6 is 0 Å². The molecular weight excluding hydrogens is 599 g/mol. The molecule has 6 aromatic carbocycles. The van der Waals surface area contributed by atoms with Gasteiger partial charge in [0.05, 0.1) is 11.0 Å². The average molecular weight is 632 g/mol. The summed E-state index contributed by atoms with van der Waals surface area (Å²) in [6.07, 6.45) is 0. The quantitative estimate of drug-likeness (QED) is 0.190. The van der Waals surface area contributed by atoms with Gasteiger partial charge in [0, 0.05) is 33.4 Å². The Bertz CT molecular complexity index is 2510. The van der Waals surface area contributed by atoms with Crippen LogP contribution < -0.4 is 0 Å². The number of benzene rings is 6. The van der Waals surface area contributed by atoms with Gasteiger partial charge in [-0.3, -0.25) is 4.57 Å². The van der Waals surface area contributed by atoms with Gasteiger partial charge >= 0.3 is 0 Å². The van der Waals surface area contributed by atoms with Crippen molar-refractivity contribution in [3.8, 4) is 62.4 Å². The lowest BCUT2D eigenvalue weighted by atomic mass is 9.81. The fourth-order valence-corrected chi connectivity index (χ4v) is 7.17. The van der Waals surface area contributed by atoms with Gasteiger partial charge in [-0.25, -0.2) is 19.9 Å². The van der Waals surface area contributed by atoms with E-state index in [0.717, 1.165) is 44.8 Å². The van der Waals surface area contributed by atoms with Crippen molar-refractivity contribution >= 4 is 11.0 Å². The number of para-hydroxylation sites is 3. The molecule has 0 aliphatic heterocycles. The van der Waals surface area contributed by atoms with Crippen LogP contribution in [0.4, 0.5) is 0 Å². The highest BCUT2D eigenvalue weighted by molar-refractivity contribution is 5.85. The van der Waals surface area contributed by atoms with Gasteiger partial charge in [0.25, 0.3) is 0 Å². The molecule has 0 amide bonds. The molecule has 1 aliphatic rings. The number of rotatable bonds is 5. The Labute approximate surface area is 285 Å². The summed E-state index contributed by atoms with van der Waals surface area (Å²) in [5.41, 5.74) is 13.3. The summed E-state index contributed by atoms with van der Waals surface area (Å²) in [7, 11) is 0. The molecule has 2 aromatic heterocycles. The van der Waals surface area contributed by atoms with Gasteiger partial charge in [0.15, 0.2) is 17.5 Å². The highest BCUT2D eigenvalue weighted by atomic mass is 15.1. The van der Waals surface area contributed by atoms with Crippen LogP contribution in [0.25, 0.3) is 73.4 Å². The van der Waals surface area contributed by atoms with Gasteiger partial charge in [-0.1, -0.05) is 135 Å². The van der Waals surface area contributed by atoms with Crippen LogP contribution in [0.15, 0.2) is 146 Å². The van der Waals surface area contributed by atoms with E-state index >= 15 is 0 Å². The number of imidazole rings is 1. The van der Waals surface area contributed by atoms with Crippen molar-refractivity contribution in [2.75, 3.05) is 0 Å². The van der Waals surface area contributed by atoms with Crippen molar-refractivity contribution in [1.82, 2.24) is 24.5 Å². The number of hydrogen-bond donors (Lipinski definition) is 0. The first kappa shape index (κ1) is 29.0. The monoisotopic (exact) mass is 631 g/mol.